The summed E-state index contributed by atoms with van der Waals surface area (Å²) in [4.78, 5) is 0. The van der Waals surface area contributed by atoms with Crippen molar-refractivity contribution in [2.24, 2.45) is 0 Å². The van der Waals surface area contributed by atoms with Crippen LogP contribution in [0.5, 0.6) is 0 Å². The number of rotatable bonds is 2. The van der Waals surface area contributed by atoms with Crippen LogP contribution in [0.15, 0.2) is 48.5 Å². The molecule has 15 heavy (non-hydrogen) atoms. The molecule has 0 heterocycles. The molecule has 2 aromatic rings. The lowest BCUT2D eigenvalue weighted by Crippen LogP contribution is -1.79. The molecule has 0 amide bonds. The highest BCUT2D eigenvalue weighted by Crippen LogP contribution is 2.22. The van der Waals surface area contributed by atoms with Crippen LogP contribution in [0.1, 0.15) is 5.56 Å². The molecule has 0 spiro atoms. The molecule has 2 rings (SSSR count). The molecule has 0 aromatic heterocycles. The predicted molar refractivity (Wildman–Crippen MR) is 74.6 cm³/mol. The molecule has 0 saturated heterocycles. The van der Waals surface area contributed by atoms with Crippen molar-refractivity contribution in [1.82, 2.24) is 0 Å². The molecule has 0 nitrogen and oxygen atoms in total. The Morgan fingerprint density at radius 2 is 1.27 bits per heavy atom. The first-order valence-electron chi connectivity index (χ1n) is 4.70. The van der Waals surface area contributed by atoms with E-state index in [0.717, 1.165) is 9.45 Å². The Morgan fingerprint density at radius 3 is 1.73 bits per heavy atom. The van der Waals surface area contributed by atoms with Gasteiger partial charge in [-0.1, -0.05) is 70.6 Å². The quantitative estimate of drug-likeness (QED) is 0.541. The van der Waals surface area contributed by atoms with Crippen molar-refractivity contribution in [3.05, 3.63) is 59.1 Å². The van der Waals surface area contributed by atoms with Gasteiger partial charge in [-0.3, -0.25) is 0 Å². The van der Waals surface area contributed by atoms with Gasteiger partial charge in [0, 0.05) is 9.45 Å². The first-order valence-corrected chi connectivity index (χ1v) is 6.61. The molecule has 0 radical (unpaired) electrons. The van der Waals surface area contributed by atoms with Gasteiger partial charge in [-0.2, -0.15) is 0 Å². The fourth-order valence-electron chi connectivity index (χ4n) is 1.43. The third-order valence-electron chi connectivity index (χ3n) is 2.29. The van der Waals surface area contributed by atoms with E-state index < -0.39 is 0 Å². The van der Waals surface area contributed by atoms with Crippen LogP contribution in [0.4, 0.5) is 0 Å². The van der Waals surface area contributed by atoms with Crippen LogP contribution in [0.3, 0.4) is 0 Å². The second kappa shape index (κ2) is 4.99. The van der Waals surface area contributed by atoms with Crippen molar-refractivity contribution in [2.75, 3.05) is 0 Å². The van der Waals surface area contributed by atoms with Crippen molar-refractivity contribution >= 4 is 34.2 Å². The molecule has 2 aromatic carbocycles. The van der Waals surface area contributed by atoms with Crippen molar-refractivity contribution < 1.29 is 0 Å². The number of halogens is 2. The van der Waals surface area contributed by atoms with Crippen LogP contribution >= 0.6 is 34.2 Å². The number of hydrogen-bond acceptors (Lipinski definition) is 0. The van der Waals surface area contributed by atoms with E-state index >= 15 is 0 Å². The maximum absolute atomic E-state index is 5.85. The summed E-state index contributed by atoms with van der Waals surface area (Å²) in [5.41, 5.74) is 3.80. The van der Waals surface area contributed by atoms with E-state index in [2.05, 4.69) is 46.9 Å². The molecule has 0 fully saturated rings. The standard InChI is InChI=1S/C13H10ClI/c14-13-7-5-12(6-8-13)11-3-1-10(9-15)2-4-11/h1-8H,9H2. The minimum Gasteiger partial charge on any atom is -0.0843 e. The first-order chi connectivity index (χ1) is 7.29. The highest BCUT2D eigenvalue weighted by atomic mass is 127. The van der Waals surface area contributed by atoms with Gasteiger partial charge in [0.2, 0.25) is 0 Å². The van der Waals surface area contributed by atoms with Gasteiger partial charge in [0.15, 0.2) is 0 Å². The summed E-state index contributed by atoms with van der Waals surface area (Å²) in [7, 11) is 0. The smallest absolute Gasteiger partial charge is 0.0406 e. The lowest BCUT2D eigenvalue weighted by Gasteiger charge is -2.02. The summed E-state index contributed by atoms with van der Waals surface area (Å²) in [6, 6.07) is 16.6. The summed E-state index contributed by atoms with van der Waals surface area (Å²) in [6.07, 6.45) is 0. The SMILES string of the molecule is Clc1ccc(-c2ccc(CI)cc2)cc1. The highest BCUT2D eigenvalue weighted by molar-refractivity contribution is 14.1. The zero-order chi connectivity index (χ0) is 10.7. The fraction of sp³-hybridized carbons (Fsp3) is 0.0769. The number of alkyl halides is 1. The highest BCUT2D eigenvalue weighted by Gasteiger charge is 1.97. The molecule has 0 saturated carbocycles. The minimum atomic E-state index is 0.780. The molecule has 0 aliphatic carbocycles. The summed E-state index contributed by atoms with van der Waals surface area (Å²) in [5, 5.41) is 0.780. The van der Waals surface area contributed by atoms with Crippen LogP contribution in [0.25, 0.3) is 11.1 Å². The number of benzene rings is 2. The summed E-state index contributed by atoms with van der Waals surface area (Å²) >= 11 is 8.21. The third-order valence-corrected chi connectivity index (χ3v) is 3.42. The van der Waals surface area contributed by atoms with Crippen LogP contribution in [-0.4, -0.2) is 0 Å². The van der Waals surface area contributed by atoms with Gasteiger partial charge >= 0.3 is 0 Å². The van der Waals surface area contributed by atoms with Gasteiger partial charge in [0.05, 0.1) is 0 Å². The zero-order valence-electron chi connectivity index (χ0n) is 8.08. The topological polar surface area (TPSA) is 0 Å². The second-order valence-electron chi connectivity index (χ2n) is 3.34. The monoisotopic (exact) mass is 328 g/mol. The zero-order valence-corrected chi connectivity index (χ0v) is 11.0. The lowest BCUT2D eigenvalue weighted by molar-refractivity contribution is 1.45. The van der Waals surface area contributed by atoms with E-state index in [0.29, 0.717) is 0 Å². The molecular formula is C13H10ClI. The molecule has 0 atom stereocenters. The van der Waals surface area contributed by atoms with E-state index in [1.165, 1.54) is 16.7 Å². The Hall–Kier alpha value is -0.540. The molecular weight excluding hydrogens is 319 g/mol. The lowest BCUT2D eigenvalue weighted by atomic mass is 10.0. The Kier molecular flexibility index (Phi) is 3.65. The minimum absolute atomic E-state index is 0.780. The molecule has 0 aliphatic rings. The van der Waals surface area contributed by atoms with Gasteiger partial charge in [-0.25, -0.2) is 0 Å². The average Bonchev–Trinajstić information content (AvgIpc) is 2.30. The van der Waals surface area contributed by atoms with Crippen molar-refractivity contribution in [2.45, 2.75) is 4.43 Å². The molecule has 0 aliphatic heterocycles. The predicted octanol–water partition coefficient (Wildman–Crippen LogP) is 4.94. The first kappa shape index (κ1) is 11.0. The van der Waals surface area contributed by atoms with Crippen LogP contribution < -0.4 is 0 Å². The molecule has 2 heteroatoms. The largest absolute Gasteiger partial charge is 0.0843 e. The molecule has 0 unspecified atom stereocenters. The van der Waals surface area contributed by atoms with Crippen LogP contribution in [0, 0.1) is 0 Å². The Morgan fingerprint density at radius 1 is 0.800 bits per heavy atom. The fourth-order valence-corrected chi connectivity index (χ4v) is 2.06. The second-order valence-corrected chi connectivity index (χ2v) is 4.54. The van der Waals surface area contributed by atoms with E-state index in [9.17, 15) is 0 Å². The van der Waals surface area contributed by atoms with E-state index in [1.54, 1.807) is 0 Å². The van der Waals surface area contributed by atoms with E-state index in [1.807, 2.05) is 24.3 Å². The maximum atomic E-state index is 5.85. The maximum Gasteiger partial charge on any atom is 0.0406 e. The third kappa shape index (κ3) is 2.73. The van der Waals surface area contributed by atoms with Crippen LogP contribution in [0.2, 0.25) is 5.02 Å². The Bertz CT molecular complexity index is 431. The summed E-state index contributed by atoms with van der Waals surface area (Å²) in [5.74, 6) is 0. The summed E-state index contributed by atoms with van der Waals surface area (Å²) < 4.78 is 1.05. The molecule has 0 bridgehead atoms. The van der Waals surface area contributed by atoms with E-state index in [4.69, 9.17) is 11.6 Å². The van der Waals surface area contributed by atoms with Crippen molar-refractivity contribution in [1.29, 1.82) is 0 Å². The molecule has 76 valence electrons. The normalized spacial score (nSPS) is 10.3. The Balaban J connectivity index is 2.33. The van der Waals surface area contributed by atoms with Crippen molar-refractivity contribution in [3.8, 4) is 11.1 Å². The van der Waals surface area contributed by atoms with Gasteiger partial charge < -0.3 is 0 Å². The van der Waals surface area contributed by atoms with Gasteiger partial charge in [-0.15, -0.1) is 0 Å². The van der Waals surface area contributed by atoms with Gasteiger partial charge in [0.25, 0.3) is 0 Å². The van der Waals surface area contributed by atoms with Crippen molar-refractivity contribution in [3.63, 3.8) is 0 Å². The number of hydrogen-bond donors (Lipinski definition) is 0. The Labute approximate surface area is 108 Å². The molecule has 0 N–H and O–H groups in total. The average molecular weight is 329 g/mol. The van der Waals surface area contributed by atoms with E-state index in [-0.39, 0.29) is 0 Å². The summed E-state index contributed by atoms with van der Waals surface area (Å²) in [6.45, 7) is 0. The van der Waals surface area contributed by atoms with Gasteiger partial charge in [-0.05, 0) is 28.8 Å². The van der Waals surface area contributed by atoms with Gasteiger partial charge in [0.1, 0.15) is 0 Å². The van der Waals surface area contributed by atoms with Crippen LogP contribution in [-0.2, 0) is 4.43 Å².